The molecule has 0 unspecified atom stereocenters. The molecule has 8 heteroatoms. The number of rotatable bonds is 3. The van der Waals surface area contributed by atoms with Gasteiger partial charge in [-0.25, -0.2) is 15.2 Å². The molecule has 0 bridgehead atoms. The van der Waals surface area contributed by atoms with Crippen LogP contribution in [0.1, 0.15) is 30.2 Å². The van der Waals surface area contributed by atoms with Crippen molar-refractivity contribution in [2.75, 3.05) is 5.43 Å². The molecule has 0 spiro atoms. The zero-order chi connectivity index (χ0) is 15.0. The number of hydrazone groups is 1. The Morgan fingerprint density at radius 1 is 1.43 bits per heavy atom. The molecule has 110 valence electrons. The smallest absolute Gasteiger partial charge is 0.351 e. The average Bonchev–Trinajstić information content (AvgIpc) is 2.83. The van der Waals surface area contributed by atoms with E-state index in [0.717, 1.165) is 31.2 Å². The maximum absolute atomic E-state index is 12.2. The predicted octanol–water partition coefficient (Wildman–Crippen LogP) is 1.74. The molecule has 0 saturated heterocycles. The topological polar surface area (TPSA) is 107 Å². The first-order valence-electron chi connectivity index (χ1n) is 6.64. The number of carboxylic acid groups (broad SMARTS) is 1. The van der Waals surface area contributed by atoms with Crippen LogP contribution in [0.4, 0.5) is 5.95 Å². The lowest BCUT2D eigenvalue weighted by Gasteiger charge is -2.09. The van der Waals surface area contributed by atoms with Crippen LogP contribution in [-0.2, 0) is 17.6 Å². The summed E-state index contributed by atoms with van der Waals surface area (Å²) in [5.41, 5.74) is 3.29. The minimum atomic E-state index is -1.13. The molecule has 0 atom stereocenters. The number of carbonyl (C=O) groups is 1. The molecular formula is C13H14N4O3S. The number of H-pyrrole nitrogens is 1. The zero-order valence-electron chi connectivity index (χ0n) is 11.4. The molecule has 2 aromatic rings. The number of carboxylic acids is 1. The quantitative estimate of drug-likeness (QED) is 0.591. The summed E-state index contributed by atoms with van der Waals surface area (Å²) >= 11 is 1.53. The first kappa shape index (κ1) is 13.7. The number of aromatic nitrogens is 2. The summed E-state index contributed by atoms with van der Waals surface area (Å²) in [6, 6.07) is 0. The molecule has 0 aliphatic heterocycles. The third-order valence-electron chi connectivity index (χ3n) is 3.46. The summed E-state index contributed by atoms with van der Waals surface area (Å²) in [4.78, 5) is 31.7. The second-order valence-corrected chi connectivity index (χ2v) is 6.00. The number of nitrogens with zero attached hydrogens (tertiary/aromatic N) is 2. The highest BCUT2D eigenvalue weighted by atomic mass is 32.1. The highest BCUT2D eigenvalue weighted by Gasteiger charge is 2.19. The van der Waals surface area contributed by atoms with E-state index in [1.807, 2.05) is 0 Å². The molecule has 2 heterocycles. The summed E-state index contributed by atoms with van der Waals surface area (Å²) in [7, 11) is 0. The van der Waals surface area contributed by atoms with Crippen LogP contribution in [0, 0.1) is 0 Å². The van der Waals surface area contributed by atoms with Gasteiger partial charge in [0.25, 0.3) is 5.56 Å². The number of aromatic amines is 1. The molecule has 7 nitrogen and oxygen atoms in total. The monoisotopic (exact) mass is 306 g/mol. The van der Waals surface area contributed by atoms with Gasteiger partial charge in [0.1, 0.15) is 10.5 Å². The second-order valence-electron chi connectivity index (χ2n) is 4.92. The largest absolute Gasteiger partial charge is 0.477 e. The minimum absolute atomic E-state index is 0.108. The van der Waals surface area contributed by atoms with E-state index in [9.17, 15) is 9.59 Å². The van der Waals surface area contributed by atoms with Crippen molar-refractivity contribution < 1.29 is 9.90 Å². The Labute approximate surface area is 123 Å². The van der Waals surface area contributed by atoms with Crippen LogP contribution in [0.15, 0.2) is 9.90 Å². The maximum atomic E-state index is 12.2. The molecule has 0 saturated carbocycles. The zero-order valence-corrected chi connectivity index (χ0v) is 12.2. The number of thiophene rings is 1. The van der Waals surface area contributed by atoms with E-state index in [-0.39, 0.29) is 17.2 Å². The number of nitrogens with one attached hydrogen (secondary N) is 2. The Balaban J connectivity index is 2.02. The van der Waals surface area contributed by atoms with Crippen molar-refractivity contribution >= 4 is 39.2 Å². The normalized spacial score (nSPS) is 15.0. The van der Waals surface area contributed by atoms with Crippen molar-refractivity contribution in [3.05, 3.63) is 20.8 Å². The molecule has 1 aliphatic carbocycles. The van der Waals surface area contributed by atoms with Gasteiger partial charge in [0.05, 0.1) is 5.39 Å². The van der Waals surface area contributed by atoms with Crippen molar-refractivity contribution in [1.82, 2.24) is 9.97 Å². The highest BCUT2D eigenvalue weighted by molar-refractivity contribution is 7.18. The molecule has 2 aromatic heterocycles. The summed E-state index contributed by atoms with van der Waals surface area (Å²) in [6.45, 7) is 1.36. The Morgan fingerprint density at radius 3 is 2.95 bits per heavy atom. The van der Waals surface area contributed by atoms with Gasteiger partial charge in [-0.3, -0.25) is 9.78 Å². The summed E-state index contributed by atoms with van der Waals surface area (Å²) in [6.07, 6.45) is 4.16. The molecule has 3 N–H and O–H groups in total. The molecule has 0 radical (unpaired) electrons. The van der Waals surface area contributed by atoms with Crippen molar-refractivity contribution in [2.45, 2.75) is 32.6 Å². The lowest BCUT2D eigenvalue weighted by molar-refractivity contribution is -0.129. The van der Waals surface area contributed by atoms with Gasteiger partial charge in [0.15, 0.2) is 0 Å². The van der Waals surface area contributed by atoms with Gasteiger partial charge >= 0.3 is 5.97 Å². The number of hydrogen-bond donors (Lipinski definition) is 3. The summed E-state index contributed by atoms with van der Waals surface area (Å²) < 4.78 is 0. The average molecular weight is 306 g/mol. The lowest BCUT2D eigenvalue weighted by Crippen LogP contribution is -2.14. The van der Waals surface area contributed by atoms with Crippen LogP contribution in [0.5, 0.6) is 0 Å². The highest BCUT2D eigenvalue weighted by Crippen LogP contribution is 2.33. The van der Waals surface area contributed by atoms with E-state index in [2.05, 4.69) is 20.5 Å². The summed E-state index contributed by atoms with van der Waals surface area (Å²) in [5.74, 6) is -0.968. The number of fused-ring (bicyclic) bond motifs is 3. The molecule has 0 amide bonds. The van der Waals surface area contributed by atoms with E-state index in [0.29, 0.717) is 10.2 Å². The number of aryl methyl sites for hydroxylation is 2. The van der Waals surface area contributed by atoms with Crippen molar-refractivity contribution in [3.8, 4) is 0 Å². The number of anilines is 1. The molecule has 3 rings (SSSR count). The van der Waals surface area contributed by atoms with Crippen molar-refractivity contribution in [1.29, 1.82) is 0 Å². The van der Waals surface area contributed by atoms with Gasteiger partial charge in [-0.05, 0) is 38.2 Å². The van der Waals surface area contributed by atoms with Crippen LogP contribution < -0.4 is 11.0 Å². The first-order chi connectivity index (χ1) is 10.1. The third-order valence-corrected chi connectivity index (χ3v) is 4.65. The lowest BCUT2D eigenvalue weighted by atomic mass is 9.97. The third kappa shape index (κ3) is 2.54. The van der Waals surface area contributed by atoms with Gasteiger partial charge in [-0.2, -0.15) is 5.10 Å². The van der Waals surface area contributed by atoms with Crippen LogP contribution in [0.2, 0.25) is 0 Å². The van der Waals surface area contributed by atoms with Crippen molar-refractivity contribution in [3.63, 3.8) is 0 Å². The summed E-state index contributed by atoms with van der Waals surface area (Å²) in [5, 5.41) is 13.1. The fourth-order valence-corrected chi connectivity index (χ4v) is 3.66. The Kier molecular flexibility index (Phi) is 3.46. The van der Waals surface area contributed by atoms with Crippen LogP contribution >= 0.6 is 11.3 Å². The minimum Gasteiger partial charge on any atom is -0.477 e. The fourth-order valence-electron chi connectivity index (χ4n) is 2.40. The second kappa shape index (κ2) is 5.28. The molecule has 0 aromatic carbocycles. The van der Waals surface area contributed by atoms with E-state index < -0.39 is 5.97 Å². The predicted molar refractivity (Wildman–Crippen MR) is 81.3 cm³/mol. The van der Waals surface area contributed by atoms with E-state index in [1.54, 1.807) is 0 Å². The first-order valence-corrected chi connectivity index (χ1v) is 7.46. The van der Waals surface area contributed by atoms with E-state index in [1.165, 1.54) is 23.1 Å². The van der Waals surface area contributed by atoms with Gasteiger partial charge < -0.3 is 5.11 Å². The van der Waals surface area contributed by atoms with E-state index in [4.69, 9.17) is 5.11 Å². The molecule has 21 heavy (non-hydrogen) atoms. The SMILES string of the molecule is C/C(=N/Nc1nc2sc3c(c2c(=O)[nH]1)CCCC3)C(=O)O. The van der Waals surface area contributed by atoms with Crippen molar-refractivity contribution in [2.24, 2.45) is 5.10 Å². The Morgan fingerprint density at radius 2 is 2.19 bits per heavy atom. The van der Waals surface area contributed by atoms with Gasteiger partial charge in [-0.15, -0.1) is 11.3 Å². The molecular weight excluding hydrogens is 292 g/mol. The number of aliphatic carboxylic acids is 1. The standard InChI is InChI=1S/C13H14N4O3S/c1-6(12(19)20)16-17-13-14-10(18)9-7-4-2-3-5-8(7)21-11(9)15-13/h2-5H2,1H3,(H,19,20)(H2,14,15,17,18)/b16-6-. The fraction of sp³-hybridized carbons (Fsp3) is 0.385. The Bertz CT molecular complexity index is 806. The molecule has 1 aliphatic rings. The van der Waals surface area contributed by atoms with Crippen LogP contribution in [-0.4, -0.2) is 26.8 Å². The van der Waals surface area contributed by atoms with E-state index >= 15 is 0 Å². The van der Waals surface area contributed by atoms with Crippen LogP contribution in [0.25, 0.3) is 10.2 Å². The number of hydrogen-bond acceptors (Lipinski definition) is 6. The Hall–Kier alpha value is -2.22. The van der Waals surface area contributed by atoms with Gasteiger partial charge in [0.2, 0.25) is 5.95 Å². The van der Waals surface area contributed by atoms with Gasteiger partial charge in [-0.1, -0.05) is 0 Å². The molecule has 0 fully saturated rings. The van der Waals surface area contributed by atoms with Gasteiger partial charge in [0, 0.05) is 4.88 Å². The van der Waals surface area contributed by atoms with Crippen LogP contribution in [0.3, 0.4) is 0 Å². The maximum Gasteiger partial charge on any atom is 0.351 e.